The summed E-state index contributed by atoms with van der Waals surface area (Å²) in [6, 6.07) is 0. The second kappa shape index (κ2) is 7.57. The van der Waals surface area contributed by atoms with Crippen molar-refractivity contribution >= 4 is 5.97 Å². The molecule has 1 fully saturated rings. The van der Waals surface area contributed by atoms with Gasteiger partial charge in [0.05, 0.1) is 6.61 Å². The number of aliphatic hydroxyl groups excluding tert-OH is 1. The molecule has 0 radical (unpaired) electrons. The lowest BCUT2D eigenvalue weighted by molar-refractivity contribution is -0.137. The number of ether oxygens (including phenoxy) is 1. The minimum Gasteiger partial charge on any atom is -0.454 e. The van der Waals surface area contributed by atoms with E-state index in [0.29, 0.717) is 12.1 Å². The largest absolute Gasteiger partial charge is 0.454 e. The van der Waals surface area contributed by atoms with Crippen LogP contribution in [0, 0.1) is 5.92 Å². The Hall–Kier alpha value is -1.39. The van der Waals surface area contributed by atoms with Crippen molar-refractivity contribution in [1.29, 1.82) is 0 Å². The zero-order valence-corrected chi connectivity index (χ0v) is 12.7. The van der Waals surface area contributed by atoms with Gasteiger partial charge >= 0.3 is 5.97 Å². The van der Waals surface area contributed by atoms with Crippen LogP contribution in [0.5, 0.6) is 0 Å². The van der Waals surface area contributed by atoms with Gasteiger partial charge in [-0.1, -0.05) is 23.8 Å². The molecule has 21 heavy (non-hydrogen) atoms. The minimum atomic E-state index is -0.253. The molecule has 2 atom stereocenters. The lowest BCUT2D eigenvalue weighted by Crippen LogP contribution is -2.22. The van der Waals surface area contributed by atoms with Crippen LogP contribution in [0.4, 0.5) is 0 Å². The molecule has 0 amide bonds. The zero-order chi connectivity index (χ0) is 15.2. The normalized spacial score (nSPS) is 26.8. The summed E-state index contributed by atoms with van der Waals surface area (Å²) in [5.74, 6) is -0.163. The fraction of sp³-hybridized carbons (Fsp3) is 0.588. The molecule has 2 aliphatic rings. The highest BCUT2D eigenvalue weighted by atomic mass is 16.5. The van der Waals surface area contributed by atoms with Crippen LogP contribution in [0.15, 0.2) is 35.5 Å². The number of hydrogen-bond acceptors (Lipinski definition) is 4. The van der Waals surface area contributed by atoms with Gasteiger partial charge in [-0.2, -0.15) is 0 Å². The molecule has 0 bridgehead atoms. The predicted molar refractivity (Wildman–Crippen MR) is 82.8 cm³/mol. The van der Waals surface area contributed by atoms with Gasteiger partial charge < -0.3 is 15.2 Å². The summed E-state index contributed by atoms with van der Waals surface area (Å²) in [4.78, 5) is 11.7. The Bertz CT molecular complexity index is 465. The molecule has 0 unspecified atom stereocenters. The van der Waals surface area contributed by atoms with E-state index in [1.54, 1.807) is 0 Å². The van der Waals surface area contributed by atoms with Crippen LogP contribution in [0.3, 0.4) is 0 Å². The van der Waals surface area contributed by atoms with Gasteiger partial charge in [0.1, 0.15) is 6.10 Å². The van der Waals surface area contributed by atoms with Crippen molar-refractivity contribution in [3.63, 3.8) is 0 Å². The molecule has 4 heteroatoms. The number of esters is 1. The number of fused-ring (bicyclic) bond motifs is 1. The van der Waals surface area contributed by atoms with Gasteiger partial charge in [0, 0.05) is 24.6 Å². The summed E-state index contributed by atoms with van der Waals surface area (Å²) in [5.41, 5.74) is 3.20. The summed E-state index contributed by atoms with van der Waals surface area (Å²) in [5, 5.41) is 12.1. The number of aliphatic hydroxyl groups is 1. The second-order valence-electron chi connectivity index (χ2n) is 5.85. The standard InChI is InChI=1S/C17H25NO3/c1-12-4-3-5-14(11-18-8-9-19)6-7-15-13(2)17(20)21-16(15)10-12/h5,10,15-16,18-19H,2-4,6-9,11H2,1H3/t15-,16-/m1/s1. The third-order valence-corrected chi connectivity index (χ3v) is 4.19. The van der Waals surface area contributed by atoms with Gasteiger partial charge in [-0.05, 0) is 38.7 Å². The predicted octanol–water partition coefficient (Wildman–Crippen LogP) is 2.11. The molecule has 0 saturated carbocycles. The maximum Gasteiger partial charge on any atom is 0.334 e. The molecule has 1 saturated heterocycles. The fourth-order valence-corrected chi connectivity index (χ4v) is 2.92. The van der Waals surface area contributed by atoms with E-state index in [-0.39, 0.29) is 24.6 Å². The number of rotatable bonds is 4. The summed E-state index contributed by atoms with van der Waals surface area (Å²) in [6.07, 6.45) is 8.02. The van der Waals surface area contributed by atoms with Crippen molar-refractivity contribution < 1.29 is 14.6 Å². The molecular formula is C17H25NO3. The SMILES string of the molecule is C=C1C(=O)O[C@@H]2C=C(C)CCC=C(CNCCO)CC[C@H]12. The maximum atomic E-state index is 11.7. The van der Waals surface area contributed by atoms with E-state index in [9.17, 15) is 4.79 Å². The van der Waals surface area contributed by atoms with E-state index in [0.717, 1.165) is 32.2 Å². The molecule has 0 aromatic heterocycles. The smallest absolute Gasteiger partial charge is 0.334 e. The molecule has 4 nitrogen and oxygen atoms in total. The van der Waals surface area contributed by atoms with Gasteiger partial charge in [-0.15, -0.1) is 0 Å². The molecule has 1 aliphatic carbocycles. The van der Waals surface area contributed by atoms with Gasteiger partial charge in [0.2, 0.25) is 0 Å². The number of nitrogens with one attached hydrogen (secondary N) is 1. The van der Waals surface area contributed by atoms with Crippen molar-refractivity contribution in [1.82, 2.24) is 5.32 Å². The molecule has 1 aliphatic heterocycles. The monoisotopic (exact) mass is 291 g/mol. The van der Waals surface area contributed by atoms with Gasteiger partial charge in [0.25, 0.3) is 0 Å². The summed E-state index contributed by atoms with van der Waals surface area (Å²) < 4.78 is 5.43. The number of carbonyl (C=O) groups is 1. The molecule has 0 aromatic carbocycles. The number of carbonyl (C=O) groups excluding carboxylic acids is 1. The van der Waals surface area contributed by atoms with Gasteiger partial charge in [-0.3, -0.25) is 0 Å². The van der Waals surface area contributed by atoms with E-state index < -0.39 is 0 Å². The van der Waals surface area contributed by atoms with Gasteiger partial charge in [-0.25, -0.2) is 4.79 Å². The molecule has 1 heterocycles. The van der Waals surface area contributed by atoms with Crippen molar-refractivity contribution in [3.8, 4) is 0 Å². The highest BCUT2D eigenvalue weighted by molar-refractivity contribution is 5.91. The summed E-state index contributed by atoms with van der Waals surface area (Å²) in [6.45, 7) is 7.54. The van der Waals surface area contributed by atoms with Gasteiger partial charge in [0.15, 0.2) is 0 Å². The highest BCUT2D eigenvalue weighted by Crippen LogP contribution is 2.34. The van der Waals surface area contributed by atoms with E-state index in [1.165, 1.54) is 11.1 Å². The Morgan fingerprint density at radius 1 is 1.48 bits per heavy atom. The van der Waals surface area contributed by atoms with Crippen LogP contribution in [0.1, 0.15) is 32.6 Å². The highest BCUT2D eigenvalue weighted by Gasteiger charge is 2.37. The van der Waals surface area contributed by atoms with Crippen LogP contribution in [-0.4, -0.2) is 36.9 Å². The average molecular weight is 291 g/mol. The van der Waals surface area contributed by atoms with Crippen molar-refractivity contribution in [2.75, 3.05) is 19.7 Å². The van der Waals surface area contributed by atoms with Crippen molar-refractivity contribution in [2.45, 2.75) is 38.7 Å². The Morgan fingerprint density at radius 3 is 3.05 bits per heavy atom. The second-order valence-corrected chi connectivity index (χ2v) is 5.85. The third-order valence-electron chi connectivity index (χ3n) is 4.19. The minimum absolute atomic E-state index is 0.0896. The quantitative estimate of drug-likeness (QED) is 0.360. The lowest BCUT2D eigenvalue weighted by atomic mass is 9.88. The Balaban J connectivity index is 2.07. The van der Waals surface area contributed by atoms with Crippen LogP contribution >= 0.6 is 0 Å². The molecule has 2 rings (SSSR count). The first-order valence-corrected chi connectivity index (χ1v) is 7.68. The van der Waals surface area contributed by atoms with Crippen molar-refractivity contribution in [3.05, 3.63) is 35.5 Å². The molecule has 2 N–H and O–H groups in total. The fourth-order valence-electron chi connectivity index (χ4n) is 2.92. The first-order valence-electron chi connectivity index (χ1n) is 7.68. The molecular weight excluding hydrogens is 266 g/mol. The molecule has 116 valence electrons. The first kappa shape index (κ1) is 16.0. The van der Waals surface area contributed by atoms with Crippen LogP contribution in [0.2, 0.25) is 0 Å². The third kappa shape index (κ3) is 4.29. The Kier molecular flexibility index (Phi) is 5.76. The topological polar surface area (TPSA) is 58.6 Å². The first-order chi connectivity index (χ1) is 10.1. The van der Waals surface area contributed by atoms with Crippen LogP contribution < -0.4 is 5.32 Å². The van der Waals surface area contributed by atoms with E-state index in [2.05, 4.69) is 31.0 Å². The number of hydrogen-bond donors (Lipinski definition) is 2. The average Bonchev–Trinajstić information content (AvgIpc) is 2.71. The van der Waals surface area contributed by atoms with Crippen LogP contribution in [0.25, 0.3) is 0 Å². The molecule has 0 spiro atoms. The zero-order valence-electron chi connectivity index (χ0n) is 12.7. The Labute approximate surface area is 126 Å². The van der Waals surface area contributed by atoms with Crippen molar-refractivity contribution in [2.24, 2.45) is 5.92 Å². The maximum absolute atomic E-state index is 11.7. The van der Waals surface area contributed by atoms with E-state index in [4.69, 9.17) is 9.84 Å². The Morgan fingerprint density at radius 2 is 2.29 bits per heavy atom. The van der Waals surface area contributed by atoms with E-state index >= 15 is 0 Å². The molecule has 0 aromatic rings. The number of allylic oxidation sites excluding steroid dienone is 2. The van der Waals surface area contributed by atoms with E-state index in [1.807, 2.05) is 0 Å². The lowest BCUT2D eigenvalue weighted by Gasteiger charge is -2.18. The summed E-state index contributed by atoms with van der Waals surface area (Å²) in [7, 11) is 0. The summed E-state index contributed by atoms with van der Waals surface area (Å²) >= 11 is 0. The van der Waals surface area contributed by atoms with Crippen LogP contribution in [-0.2, 0) is 9.53 Å².